The molecule has 2 bridgehead atoms. The molecule has 0 radical (unpaired) electrons. The lowest BCUT2D eigenvalue weighted by atomic mass is 9.65. The predicted octanol–water partition coefficient (Wildman–Crippen LogP) is 3.18. The van der Waals surface area contributed by atoms with E-state index in [0.29, 0.717) is 12.8 Å². The van der Waals surface area contributed by atoms with Gasteiger partial charge < -0.3 is 15.2 Å². The van der Waals surface area contributed by atoms with E-state index in [1.54, 1.807) is 0 Å². The zero-order valence-corrected chi connectivity index (χ0v) is 13.9. The number of fused-ring (bicyclic) bond motifs is 2. The SMILES string of the molecule is CC(C)(C)OC(=O)N[C@H]1C[C@]2(C(=O)O)CC[C@@]1(C)C2(C)C. The molecule has 0 aromatic heterocycles. The lowest BCUT2D eigenvalue weighted by Crippen LogP contribution is -2.48. The van der Waals surface area contributed by atoms with Crippen LogP contribution in [0.25, 0.3) is 0 Å². The predicted molar refractivity (Wildman–Crippen MR) is 79.0 cm³/mol. The maximum Gasteiger partial charge on any atom is 0.407 e. The van der Waals surface area contributed by atoms with E-state index in [-0.39, 0.29) is 16.9 Å². The fraction of sp³-hybridized carbons (Fsp3) is 0.875. The Kier molecular flexibility index (Phi) is 3.35. The van der Waals surface area contributed by atoms with E-state index in [0.717, 1.165) is 6.42 Å². The molecule has 0 aromatic rings. The van der Waals surface area contributed by atoms with Crippen LogP contribution in [0.5, 0.6) is 0 Å². The lowest BCUT2D eigenvalue weighted by Gasteiger charge is -2.40. The van der Waals surface area contributed by atoms with Gasteiger partial charge in [-0.15, -0.1) is 0 Å². The van der Waals surface area contributed by atoms with Gasteiger partial charge in [0.2, 0.25) is 0 Å². The van der Waals surface area contributed by atoms with E-state index >= 15 is 0 Å². The second-order valence-electron chi connectivity index (χ2n) is 8.33. The number of nitrogens with one attached hydrogen (secondary N) is 1. The van der Waals surface area contributed by atoms with Crippen LogP contribution in [0, 0.1) is 16.2 Å². The van der Waals surface area contributed by atoms with Crippen molar-refractivity contribution in [3.05, 3.63) is 0 Å². The molecule has 3 atom stereocenters. The highest BCUT2D eigenvalue weighted by atomic mass is 16.6. The normalized spacial score (nSPS) is 37.3. The number of hydrogen-bond donors (Lipinski definition) is 2. The van der Waals surface area contributed by atoms with Crippen molar-refractivity contribution in [2.45, 2.75) is 72.4 Å². The summed E-state index contributed by atoms with van der Waals surface area (Å²) in [6.07, 6.45) is 1.51. The minimum absolute atomic E-state index is 0.160. The minimum atomic E-state index is -0.749. The summed E-state index contributed by atoms with van der Waals surface area (Å²) in [5.74, 6) is -0.746. The monoisotopic (exact) mass is 297 g/mol. The molecule has 5 nitrogen and oxygen atoms in total. The summed E-state index contributed by atoms with van der Waals surface area (Å²) in [4.78, 5) is 23.9. The maximum atomic E-state index is 12.0. The Labute approximate surface area is 126 Å². The molecule has 2 fully saturated rings. The number of aliphatic carboxylic acids is 1. The Morgan fingerprint density at radius 3 is 2.19 bits per heavy atom. The quantitative estimate of drug-likeness (QED) is 0.820. The first-order valence-electron chi connectivity index (χ1n) is 7.59. The van der Waals surface area contributed by atoms with E-state index in [4.69, 9.17) is 4.74 Å². The van der Waals surface area contributed by atoms with Gasteiger partial charge in [0, 0.05) is 6.04 Å². The van der Waals surface area contributed by atoms with Crippen molar-refractivity contribution in [2.24, 2.45) is 16.2 Å². The molecule has 0 spiro atoms. The molecule has 1 amide bonds. The Balaban J connectivity index is 2.22. The Bertz CT molecular complexity index is 479. The van der Waals surface area contributed by atoms with Crippen LogP contribution < -0.4 is 5.32 Å². The van der Waals surface area contributed by atoms with Gasteiger partial charge in [-0.05, 0) is 50.9 Å². The second kappa shape index (κ2) is 4.37. The number of carbonyl (C=O) groups is 2. The molecular weight excluding hydrogens is 270 g/mol. The van der Waals surface area contributed by atoms with E-state index in [2.05, 4.69) is 12.2 Å². The van der Waals surface area contributed by atoms with Crippen molar-refractivity contribution in [3.63, 3.8) is 0 Å². The summed E-state index contributed by atoms with van der Waals surface area (Å²) < 4.78 is 5.32. The summed E-state index contributed by atoms with van der Waals surface area (Å²) >= 11 is 0. The van der Waals surface area contributed by atoms with Gasteiger partial charge in [-0.2, -0.15) is 0 Å². The van der Waals surface area contributed by atoms with Crippen molar-refractivity contribution >= 4 is 12.1 Å². The fourth-order valence-corrected chi connectivity index (χ4v) is 4.31. The molecule has 0 aromatic carbocycles. The molecule has 120 valence electrons. The highest BCUT2D eigenvalue weighted by molar-refractivity contribution is 5.78. The average molecular weight is 297 g/mol. The van der Waals surface area contributed by atoms with Crippen LogP contribution in [-0.2, 0) is 9.53 Å². The van der Waals surface area contributed by atoms with Gasteiger partial charge in [0.05, 0.1) is 5.41 Å². The molecule has 21 heavy (non-hydrogen) atoms. The smallest absolute Gasteiger partial charge is 0.407 e. The van der Waals surface area contributed by atoms with Crippen molar-refractivity contribution < 1.29 is 19.4 Å². The molecule has 5 heteroatoms. The molecule has 2 N–H and O–H groups in total. The molecule has 0 unspecified atom stereocenters. The first kappa shape index (κ1) is 16.1. The highest BCUT2D eigenvalue weighted by Crippen LogP contribution is 2.72. The molecule has 2 aliphatic rings. The van der Waals surface area contributed by atoms with Crippen LogP contribution in [-0.4, -0.2) is 28.8 Å². The number of carboxylic acids is 1. The van der Waals surface area contributed by atoms with Gasteiger partial charge in [-0.3, -0.25) is 4.79 Å². The zero-order valence-electron chi connectivity index (χ0n) is 13.9. The molecule has 2 rings (SSSR count). The first-order chi connectivity index (χ1) is 9.36. The average Bonchev–Trinajstić information content (AvgIpc) is 2.56. The maximum absolute atomic E-state index is 12.0. The number of hydrogen-bond acceptors (Lipinski definition) is 3. The Morgan fingerprint density at radius 2 is 1.76 bits per heavy atom. The molecule has 2 saturated carbocycles. The zero-order chi connectivity index (χ0) is 16.3. The van der Waals surface area contributed by atoms with Crippen molar-refractivity contribution in [2.75, 3.05) is 0 Å². The Hall–Kier alpha value is -1.26. The third kappa shape index (κ3) is 2.12. The molecule has 0 heterocycles. The van der Waals surface area contributed by atoms with Gasteiger partial charge in [0.1, 0.15) is 5.60 Å². The van der Waals surface area contributed by atoms with Gasteiger partial charge >= 0.3 is 12.1 Å². The van der Waals surface area contributed by atoms with Crippen LogP contribution in [0.2, 0.25) is 0 Å². The number of ether oxygens (including phenoxy) is 1. The van der Waals surface area contributed by atoms with Gasteiger partial charge in [-0.1, -0.05) is 20.8 Å². The van der Waals surface area contributed by atoms with Crippen LogP contribution in [0.15, 0.2) is 0 Å². The molecular formula is C16H27NO4. The van der Waals surface area contributed by atoms with Crippen molar-refractivity contribution in [1.82, 2.24) is 5.32 Å². The molecule has 0 aliphatic heterocycles. The van der Waals surface area contributed by atoms with Crippen molar-refractivity contribution in [3.8, 4) is 0 Å². The van der Waals surface area contributed by atoms with Crippen LogP contribution in [0.4, 0.5) is 4.79 Å². The summed E-state index contributed by atoms with van der Waals surface area (Å²) in [7, 11) is 0. The fourth-order valence-electron chi connectivity index (χ4n) is 4.31. The number of carbonyl (C=O) groups excluding carboxylic acids is 1. The van der Waals surface area contributed by atoms with Gasteiger partial charge in [0.25, 0.3) is 0 Å². The van der Waals surface area contributed by atoms with E-state index in [1.165, 1.54) is 0 Å². The Morgan fingerprint density at radius 1 is 1.19 bits per heavy atom. The minimum Gasteiger partial charge on any atom is -0.481 e. The van der Waals surface area contributed by atoms with Gasteiger partial charge in [0.15, 0.2) is 0 Å². The summed E-state index contributed by atoms with van der Waals surface area (Å²) in [5, 5.41) is 12.7. The van der Waals surface area contributed by atoms with Crippen LogP contribution >= 0.6 is 0 Å². The lowest BCUT2D eigenvalue weighted by molar-refractivity contribution is -0.154. The van der Waals surface area contributed by atoms with Gasteiger partial charge in [-0.25, -0.2) is 4.79 Å². The molecule has 0 saturated heterocycles. The second-order valence-corrected chi connectivity index (χ2v) is 8.33. The summed E-state index contributed by atoms with van der Waals surface area (Å²) in [6, 6.07) is -0.160. The molecule has 2 aliphatic carbocycles. The van der Waals surface area contributed by atoms with E-state index < -0.39 is 23.1 Å². The summed E-state index contributed by atoms with van der Waals surface area (Å²) in [6.45, 7) is 11.6. The largest absolute Gasteiger partial charge is 0.481 e. The third-order valence-corrected chi connectivity index (χ3v) is 6.12. The highest BCUT2D eigenvalue weighted by Gasteiger charge is 2.72. The number of amides is 1. The number of rotatable bonds is 2. The standard InChI is InChI=1S/C16H27NO4/c1-13(2,3)21-12(20)17-10-9-16(11(18)19)8-7-15(10,6)14(16,4)5/h10H,7-9H2,1-6H3,(H,17,20)(H,18,19)/t10-,15+,16-/m0/s1. The number of alkyl carbamates (subject to hydrolysis) is 1. The van der Waals surface area contributed by atoms with E-state index in [9.17, 15) is 14.7 Å². The third-order valence-electron chi connectivity index (χ3n) is 6.12. The first-order valence-corrected chi connectivity index (χ1v) is 7.59. The van der Waals surface area contributed by atoms with Crippen LogP contribution in [0.3, 0.4) is 0 Å². The van der Waals surface area contributed by atoms with E-state index in [1.807, 2.05) is 34.6 Å². The van der Waals surface area contributed by atoms with Crippen molar-refractivity contribution in [1.29, 1.82) is 0 Å². The van der Waals surface area contributed by atoms with Crippen LogP contribution in [0.1, 0.15) is 60.8 Å². The topological polar surface area (TPSA) is 75.6 Å². The summed E-state index contributed by atoms with van der Waals surface area (Å²) in [5.41, 5.74) is -1.88. The number of carboxylic acid groups (broad SMARTS) is 1.